The van der Waals surface area contributed by atoms with Gasteiger partial charge in [0.05, 0.1) is 11.0 Å². The normalized spacial score (nSPS) is 14.0. The Labute approximate surface area is 144 Å². The van der Waals surface area contributed by atoms with Crippen molar-refractivity contribution in [2.75, 3.05) is 19.0 Å². The standard InChI is InChI=1S/C18H26O5S/c1-14(2)24(20,21)11-5-3-4-6-16(19)12-15-7-8-17-18(13-15)23-10-9-22-17/h7-8,13-14H,3-6,9-12H2,1-2H3. The fourth-order valence-corrected chi connectivity index (χ4v) is 3.63. The molecule has 1 aromatic carbocycles. The van der Waals surface area contributed by atoms with Crippen molar-refractivity contribution in [1.82, 2.24) is 0 Å². The van der Waals surface area contributed by atoms with Crippen molar-refractivity contribution in [3.63, 3.8) is 0 Å². The van der Waals surface area contributed by atoms with Crippen LogP contribution in [0.4, 0.5) is 0 Å². The number of ketones is 1. The first-order valence-corrected chi connectivity index (χ1v) is 10.2. The number of hydrogen-bond donors (Lipinski definition) is 0. The first kappa shape index (κ1) is 18.8. The first-order valence-electron chi connectivity index (χ1n) is 8.50. The monoisotopic (exact) mass is 354 g/mol. The third kappa shape index (κ3) is 5.51. The molecule has 5 nitrogen and oxygen atoms in total. The largest absolute Gasteiger partial charge is 0.486 e. The van der Waals surface area contributed by atoms with Crippen molar-refractivity contribution in [3.8, 4) is 11.5 Å². The maximum absolute atomic E-state index is 12.1. The van der Waals surface area contributed by atoms with Crippen LogP contribution in [-0.2, 0) is 21.1 Å². The minimum atomic E-state index is -2.97. The van der Waals surface area contributed by atoms with Crippen molar-refractivity contribution in [1.29, 1.82) is 0 Å². The van der Waals surface area contributed by atoms with E-state index >= 15 is 0 Å². The van der Waals surface area contributed by atoms with Gasteiger partial charge in [-0.3, -0.25) is 4.79 Å². The Morgan fingerprint density at radius 3 is 2.50 bits per heavy atom. The Morgan fingerprint density at radius 2 is 1.79 bits per heavy atom. The molecule has 1 aromatic rings. The van der Waals surface area contributed by atoms with Crippen molar-refractivity contribution in [2.45, 2.75) is 51.2 Å². The lowest BCUT2D eigenvalue weighted by atomic mass is 10.0. The molecule has 0 radical (unpaired) electrons. The van der Waals surface area contributed by atoms with E-state index in [1.54, 1.807) is 13.8 Å². The van der Waals surface area contributed by atoms with Crippen LogP contribution in [-0.4, -0.2) is 38.4 Å². The molecule has 1 aliphatic heterocycles. The number of rotatable bonds is 9. The second kappa shape index (κ2) is 8.51. The minimum Gasteiger partial charge on any atom is -0.486 e. The molecule has 0 saturated carbocycles. The summed E-state index contributed by atoms with van der Waals surface area (Å²) in [5.41, 5.74) is 0.923. The third-order valence-corrected chi connectivity index (χ3v) is 6.40. The zero-order valence-corrected chi connectivity index (χ0v) is 15.2. The van der Waals surface area contributed by atoms with Crippen LogP contribution in [0, 0.1) is 0 Å². The number of Topliss-reactive ketones (excluding diaryl/α,β-unsaturated/α-hetero) is 1. The van der Waals surface area contributed by atoms with Gasteiger partial charge < -0.3 is 9.47 Å². The second-order valence-corrected chi connectivity index (χ2v) is 9.10. The highest BCUT2D eigenvalue weighted by atomic mass is 32.2. The van der Waals surface area contributed by atoms with Gasteiger partial charge in [0.2, 0.25) is 0 Å². The summed E-state index contributed by atoms with van der Waals surface area (Å²) in [5, 5.41) is -0.325. The lowest BCUT2D eigenvalue weighted by molar-refractivity contribution is -0.118. The number of carbonyl (C=O) groups excluding carboxylic acids is 1. The van der Waals surface area contributed by atoms with Gasteiger partial charge in [-0.05, 0) is 44.4 Å². The topological polar surface area (TPSA) is 69.7 Å². The molecule has 1 aliphatic rings. The summed E-state index contributed by atoms with van der Waals surface area (Å²) < 4.78 is 34.4. The van der Waals surface area contributed by atoms with E-state index in [1.165, 1.54) is 0 Å². The minimum absolute atomic E-state index is 0.165. The van der Waals surface area contributed by atoms with Gasteiger partial charge in [0.1, 0.15) is 19.0 Å². The van der Waals surface area contributed by atoms with Crippen molar-refractivity contribution in [2.24, 2.45) is 0 Å². The number of fused-ring (bicyclic) bond motifs is 1. The predicted octanol–water partition coefficient (Wildman–Crippen LogP) is 2.95. The summed E-state index contributed by atoms with van der Waals surface area (Å²) in [6.45, 7) is 4.49. The molecule has 0 aliphatic carbocycles. The summed E-state index contributed by atoms with van der Waals surface area (Å²) in [7, 11) is -2.97. The zero-order chi connectivity index (χ0) is 17.6. The average Bonchev–Trinajstić information content (AvgIpc) is 2.54. The van der Waals surface area contributed by atoms with E-state index in [9.17, 15) is 13.2 Å². The van der Waals surface area contributed by atoms with Gasteiger partial charge in [-0.25, -0.2) is 8.42 Å². The van der Waals surface area contributed by atoms with Crippen molar-refractivity contribution < 1.29 is 22.7 Å². The third-order valence-electron chi connectivity index (χ3n) is 4.11. The summed E-state index contributed by atoms with van der Waals surface area (Å²) >= 11 is 0. The molecule has 0 N–H and O–H groups in total. The fraction of sp³-hybridized carbons (Fsp3) is 0.611. The maximum Gasteiger partial charge on any atom is 0.161 e. The number of sulfone groups is 1. The molecule has 0 fully saturated rings. The SMILES string of the molecule is CC(C)S(=O)(=O)CCCCCC(=O)Cc1ccc2c(c1)OCCO2. The van der Waals surface area contributed by atoms with E-state index in [0.29, 0.717) is 38.2 Å². The summed E-state index contributed by atoms with van der Waals surface area (Å²) in [4.78, 5) is 12.1. The number of hydrogen-bond acceptors (Lipinski definition) is 5. The van der Waals surface area contributed by atoms with E-state index in [1.807, 2.05) is 18.2 Å². The van der Waals surface area contributed by atoms with Crippen LogP contribution in [0.25, 0.3) is 0 Å². The van der Waals surface area contributed by atoms with Gasteiger partial charge in [-0.2, -0.15) is 0 Å². The van der Waals surface area contributed by atoms with Gasteiger partial charge in [0.15, 0.2) is 21.3 Å². The lowest BCUT2D eigenvalue weighted by Crippen LogP contribution is -2.17. The molecule has 1 heterocycles. The number of carbonyl (C=O) groups is 1. The average molecular weight is 354 g/mol. The van der Waals surface area contributed by atoms with Crippen molar-refractivity contribution in [3.05, 3.63) is 23.8 Å². The lowest BCUT2D eigenvalue weighted by Gasteiger charge is -2.18. The van der Waals surface area contributed by atoms with Gasteiger partial charge in [0.25, 0.3) is 0 Å². The van der Waals surface area contributed by atoms with Gasteiger partial charge in [0, 0.05) is 12.8 Å². The quantitative estimate of drug-likeness (QED) is 0.638. The van der Waals surface area contributed by atoms with Crippen LogP contribution in [0.5, 0.6) is 11.5 Å². The Bertz CT molecular complexity index is 664. The first-order chi connectivity index (χ1) is 11.4. The van der Waals surface area contributed by atoms with E-state index in [4.69, 9.17) is 9.47 Å². The molecule has 0 unspecified atom stereocenters. The Hall–Kier alpha value is -1.56. The van der Waals surface area contributed by atoms with Gasteiger partial charge in [-0.1, -0.05) is 12.5 Å². The van der Waals surface area contributed by atoms with Crippen LogP contribution in [0.15, 0.2) is 18.2 Å². The van der Waals surface area contributed by atoms with E-state index in [0.717, 1.165) is 24.2 Å². The molecule has 24 heavy (non-hydrogen) atoms. The second-order valence-electron chi connectivity index (χ2n) is 6.42. The van der Waals surface area contributed by atoms with Crippen molar-refractivity contribution >= 4 is 15.6 Å². The molecular weight excluding hydrogens is 328 g/mol. The highest BCUT2D eigenvalue weighted by molar-refractivity contribution is 7.91. The van der Waals surface area contributed by atoms with Crippen LogP contribution >= 0.6 is 0 Å². The summed E-state index contributed by atoms with van der Waals surface area (Å²) in [6, 6.07) is 5.59. The number of unbranched alkanes of at least 4 members (excludes halogenated alkanes) is 2. The number of ether oxygens (including phenoxy) is 2. The Morgan fingerprint density at radius 1 is 1.08 bits per heavy atom. The van der Waals surface area contributed by atoms with Crippen LogP contribution in [0.3, 0.4) is 0 Å². The van der Waals surface area contributed by atoms with Gasteiger partial charge >= 0.3 is 0 Å². The smallest absolute Gasteiger partial charge is 0.161 e. The van der Waals surface area contributed by atoms with Crippen LogP contribution in [0.1, 0.15) is 45.1 Å². The molecular formula is C18H26O5S. The number of benzene rings is 1. The Balaban J connectivity index is 1.70. The molecule has 0 aromatic heterocycles. The summed E-state index contributed by atoms with van der Waals surface area (Å²) in [6.07, 6.45) is 2.98. The van der Waals surface area contributed by atoms with Gasteiger partial charge in [-0.15, -0.1) is 0 Å². The molecule has 0 saturated heterocycles. The molecule has 0 atom stereocenters. The van der Waals surface area contributed by atoms with E-state index in [-0.39, 0.29) is 16.8 Å². The highest BCUT2D eigenvalue weighted by Gasteiger charge is 2.15. The maximum atomic E-state index is 12.1. The fourth-order valence-electron chi connectivity index (χ4n) is 2.55. The molecule has 0 spiro atoms. The zero-order valence-electron chi connectivity index (χ0n) is 14.4. The Kier molecular flexibility index (Phi) is 6.66. The van der Waals surface area contributed by atoms with E-state index in [2.05, 4.69) is 0 Å². The molecule has 0 amide bonds. The molecule has 2 rings (SSSR count). The summed E-state index contributed by atoms with van der Waals surface area (Å²) in [5.74, 6) is 1.80. The predicted molar refractivity (Wildman–Crippen MR) is 93.5 cm³/mol. The molecule has 6 heteroatoms. The molecule has 134 valence electrons. The van der Waals surface area contributed by atoms with Crippen LogP contribution < -0.4 is 9.47 Å². The van der Waals surface area contributed by atoms with Crippen LogP contribution in [0.2, 0.25) is 0 Å². The molecule has 0 bridgehead atoms. The highest BCUT2D eigenvalue weighted by Crippen LogP contribution is 2.31. The van der Waals surface area contributed by atoms with E-state index < -0.39 is 9.84 Å².